The third-order valence-electron chi connectivity index (χ3n) is 4.84. The Kier molecular flexibility index (Phi) is 20.9. The molecule has 186 valence electrons. The SMILES string of the molecule is CC(CCC(C)C(=O)COCCOCCNC(C)C)COCCCOCCNC(C)C. The summed E-state index contributed by atoms with van der Waals surface area (Å²) in [6, 6.07) is 0.968. The van der Waals surface area contributed by atoms with Crippen LogP contribution >= 0.6 is 0 Å². The highest BCUT2D eigenvalue weighted by atomic mass is 16.5. The molecule has 2 N–H and O–H groups in total. The van der Waals surface area contributed by atoms with Crippen LogP contribution in [0.15, 0.2) is 0 Å². The monoisotopic (exact) mass is 446 g/mol. The van der Waals surface area contributed by atoms with E-state index in [1.807, 2.05) is 6.92 Å². The van der Waals surface area contributed by atoms with Gasteiger partial charge in [-0.3, -0.25) is 4.79 Å². The van der Waals surface area contributed by atoms with Gasteiger partial charge in [-0.25, -0.2) is 0 Å². The molecule has 0 bridgehead atoms. The Morgan fingerprint density at radius 3 is 1.84 bits per heavy atom. The van der Waals surface area contributed by atoms with Crippen molar-refractivity contribution in [3.63, 3.8) is 0 Å². The molecule has 31 heavy (non-hydrogen) atoms. The summed E-state index contributed by atoms with van der Waals surface area (Å²) in [7, 11) is 0. The summed E-state index contributed by atoms with van der Waals surface area (Å²) < 4.78 is 22.2. The lowest BCUT2D eigenvalue weighted by Gasteiger charge is -2.15. The number of ketones is 1. The lowest BCUT2D eigenvalue weighted by atomic mass is 9.96. The fourth-order valence-electron chi connectivity index (χ4n) is 2.80. The quantitative estimate of drug-likeness (QED) is 0.234. The fourth-order valence-corrected chi connectivity index (χ4v) is 2.80. The van der Waals surface area contributed by atoms with Crippen molar-refractivity contribution >= 4 is 5.78 Å². The first-order valence-corrected chi connectivity index (χ1v) is 12.1. The smallest absolute Gasteiger partial charge is 0.161 e. The number of ether oxygens (including phenoxy) is 4. The van der Waals surface area contributed by atoms with E-state index in [0.717, 1.165) is 58.8 Å². The van der Waals surface area contributed by atoms with E-state index in [1.165, 1.54) is 0 Å². The molecule has 0 heterocycles. The van der Waals surface area contributed by atoms with Crippen LogP contribution in [0.4, 0.5) is 0 Å². The Balaban J connectivity index is 3.50. The first kappa shape index (κ1) is 30.4. The van der Waals surface area contributed by atoms with Gasteiger partial charge in [-0.15, -0.1) is 0 Å². The first-order chi connectivity index (χ1) is 14.8. The Morgan fingerprint density at radius 1 is 0.677 bits per heavy atom. The lowest BCUT2D eigenvalue weighted by Crippen LogP contribution is -2.27. The van der Waals surface area contributed by atoms with Gasteiger partial charge < -0.3 is 29.6 Å². The molecule has 0 saturated carbocycles. The summed E-state index contributed by atoms with van der Waals surface area (Å²) in [6.45, 7) is 19.1. The summed E-state index contributed by atoms with van der Waals surface area (Å²) in [5.74, 6) is 0.630. The van der Waals surface area contributed by atoms with Crippen molar-refractivity contribution in [1.29, 1.82) is 0 Å². The third-order valence-corrected chi connectivity index (χ3v) is 4.84. The van der Waals surface area contributed by atoms with E-state index in [0.29, 0.717) is 37.8 Å². The predicted octanol–water partition coefficient (Wildman–Crippen LogP) is 3.06. The van der Waals surface area contributed by atoms with Crippen molar-refractivity contribution < 1.29 is 23.7 Å². The van der Waals surface area contributed by atoms with Gasteiger partial charge in [-0.05, 0) is 25.2 Å². The second kappa shape index (κ2) is 21.3. The molecule has 7 nitrogen and oxygen atoms in total. The molecule has 0 aliphatic heterocycles. The molecule has 0 amide bonds. The molecular formula is C24H50N2O5. The van der Waals surface area contributed by atoms with Gasteiger partial charge in [0.15, 0.2) is 5.78 Å². The Hall–Kier alpha value is -0.570. The molecule has 0 rings (SSSR count). The molecule has 0 aliphatic rings. The van der Waals surface area contributed by atoms with E-state index in [1.54, 1.807) is 0 Å². The van der Waals surface area contributed by atoms with Gasteiger partial charge >= 0.3 is 0 Å². The summed E-state index contributed by atoms with van der Waals surface area (Å²) in [5, 5.41) is 6.61. The van der Waals surface area contributed by atoms with E-state index < -0.39 is 0 Å². The van der Waals surface area contributed by atoms with Crippen LogP contribution in [-0.4, -0.2) is 83.8 Å². The van der Waals surface area contributed by atoms with Crippen molar-refractivity contribution in [3.8, 4) is 0 Å². The van der Waals surface area contributed by atoms with Crippen LogP contribution in [0.3, 0.4) is 0 Å². The molecule has 0 spiro atoms. The van der Waals surface area contributed by atoms with Crippen LogP contribution < -0.4 is 10.6 Å². The minimum atomic E-state index is 0.0199. The second-order valence-electron chi connectivity index (χ2n) is 8.97. The molecule has 0 aliphatic carbocycles. The maximum Gasteiger partial charge on any atom is 0.161 e. The molecule has 7 heteroatoms. The van der Waals surface area contributed by atoms with Crippen molar-refractivity contribution in [2.45, 2.75) is 72.9 Å². The van der Waals surface area contributed by atoms with Crippen molar-refractivity contribution in [1.82, 2.24) is 10.6 Å². The number of rotatable bonds is 23. The number of hydrogen-bond acceptors (Lipinski definition) is 7. The average Bonchev–Trinajstić information content (AvgIpc) is 2.71. The molecule has 0 radical (unpaired) electrons. The van der Waals surface area contributed by atoms with Crippen LogP contribution in [0.2, 0.25) is 0 Å². The zero-order valence-corrected chi connectivity index (χ0v) is 21.0. The van der Waals surface area contributed by atoms with Crippen LogP contribution in [-0.2, 0) is 23.7 Å². The number of Topliss-reactive ketones (excluding diaryl/α,β-unsaturated/α-hetero) is 1. The third kappa shape index (κ3) is 22.4. The van der Waals surface area contributed by atoms with Gasteiger partial charge in [0.25, 0.3) is 0 Å². The Labute approximate surface area is 191 Å². The highest BCUT2D eigenvalue weighted by Crippen LogP contribution is 2.14. The van der Waals surface area contributed by atoms with Gasteiger partial charge in [0, 0.05) is 50.9 Å². The van der Waals surface area contributed by atoms with E-state index in [2.05, 4.69) is 45.3 Å². The van der Waals surface area contributed by atoms with Gasteiger partial charge in [-0.1, -0.05) is 41.5 Å². The number of carbonyl (C=O) groups is 1. The predicted molar refractivity (Wildman–Crippen MR) is 127 cm³/mol. The molecule has 2 atom stereocenters. The summed E-state index contributed by atoms with van der Waals surface area (Å²) >= 11 is 0. The van der Waals surface area contributed by atoms with Crippen molar-refractivity contribution in [3.05, 3.63) is 0 Å². The maximum atomic E-state index is 12.2. The summed E-state index contributed by atoms with van der Waals surface area (Å²) in [5.41, 5.74) is 0. The van der Waals surface area contributed by atoms with Crippen molar-refractivity contribution in [2.24, 2.45) is 11.8 Å². The largest absolute Gasteiger partial charge is 0.381 e. The zero-order valence-electron chi connectivity index (χ0n) is 21.0. The molecule has 0 saturated heterocycles. The molecule has 2 unspecified atom stereocenters. The van der Waals surface area contributed by atoms with Gasteiger partial charge in [0.05, 0.1) is 26.4 Å². The summed E-state index contributed by atoms with van der Waals surface area (Å²) in [6.07, 6.45) is 2.77. The van der Waals surface area contributed by atoms with Crippen LogP contribution in [0.25, 0.3) is 0 Å². The maximum absolute atomic E-state index is 12.2. The fraction of sp³-hybridized carbons (Fsp3) is 0.958. The van der Waals surface area contributed by atoms with E-state index in [-0.39, 0.29) is 18.3 Å². The summed E-state index contributed by atoms with van der Waals surface area (Å²) in [4.78, 5) is 12.2. The molecule has 0 aromatic rings. The van der Waals surface area contributed by atoms with Gasteiger partial charge in [0.1, 0.15) is 6.61 Å². The highest BCUT2D eigenvalue weighted by molar-refractivity contribution is 5.81. The molecular weight excluding hydrogens is 396 g/mol. The average molecular weight is 447 g/mol. The molecule has 0 aromatic heterocycles. The number of nitrogens with one attached hydrogen (secondary N) is 2. The topological polar surface area (TPSA) is 78.1 Å². The second-order valence-corrected chi connectivity index (χ2v) is 8.97. The van der Waals surface area contributed by atoms with Gasteiger partial charge in [0.2, 0.25) is 0 Å². The Bertz CT molecular complexity index is 407. The highest BCUT2D eigenvalue weighted by Gasteiger charge is 2.14. The zero-order chi connectivity index (χ0) is 23.3. The molecule has 0 fully saturated rings. The van der Waals surface area contributed by atoms with E-state index in [9.17, 15) is 4.79 Å². The first-order valence-electron chi connectivity index (χ1n) is 12.1. The van der Waals surface area contributed by atoms with Crippen LogP contribution in [0.5, 0.6) is 0 Å². The minimum absolute atomic E-state index is 0.0199. The number of carbonyl (C=O) groups excluding carboxylic acids is 1. The van der Waals surface area contributed by atoms with Gasteiger partial charge in [-0.2, -0.15) is 0 Å². The molecule has 0 aromatic carbocycles. The standard InChI is InChI=1S/C24H50N2O5/c1-20(2)25-10-14-28-12-7-13-30-18-22(5)8-9-23(6)24(27)19-31-17-16-29-15-11-26-21(3)4/h20-23,25-26H,7-19H2,1-6H3. The van der Waals surface area contributed by atoms with E-state index in [4.69, 9.17) is 18.9 Å². The van der Waals surface area contributed by atoms with Crippen molar-refractivity contribution in [2.75, 3.05) is 65.9 Å². The Morgan fingerprint density at radius 2 is 1.23 bits per heavy atom. The lowest BCUT2D eigenvalue weighted by molar-refractivity contribution is -0.127. The van der Waals surface area contributed by atoms with E-state index >= 15 is 0 Å². The number of hydrogen-bond donors (Lipinski definition) is 2. The van der Waals surface area contributed by atoms with Crippen LogP contribution in [0.1, 0.15) is 60.8 Å². The normalized spacial score (nSPS) is 13.8. The van der Waals surface area contributed by atoms with Crippen LogP contribution in [0, 0.1) is 11.8 Å². The minimum Gasteiger partial charge on any atom is -0.381 e.